The van der Waals surface area contributed by atoms with Gasteiger partial charge >= 0.3 is 0 Å². The fourth-order valence-electron chi connectivity index (χ4n) is 1.89. The zero-order valence-corrected chi connectivity index (χ0v) is 18.0. The Morgan fingerprint density at radius 2 is 2.19 bits per heavy atom. The van der Waals surface area contributed by atoms with Crippen molar-refractivity contribution in [2.75, 3.05) is 6.54 Å². The van der Waals surface area contributed by atoms with E-state index >= 15 is 0 Å². The van der Waals surface area contributed by atoms with Crippen molar-refractivity contribution in [2.24, 2.45) is 0 Å². The van der Waals surface area contributed by atoms with Gasteiger partial charge in [0.1, 0.15) is 0 Å². The fourth-order valence-corrected chi connectivity index (χ4v) is 3.32. The maximum atomic E-state index is 12.7. The third-order valence-electron chi connectivity index (χ3n) is 2.76. The van der Waals surface area contributed by atoms with Gasteiger partial charge in [0.2, 0.25) is 5.91 Å². The van der Waals surface area contributed by atoms with Gasteiger partial charge in [-0.1, -0.05) is 67.1 Å². The second kappa shape index (κ2) is 8.66. The van der Waals surface area contributed by atoms with Crippen molar-refractivity contribution in [3.8, 4) is 0 Å². The van der Waals surface area contributed by atoms with Crippen LogP contribution in [0.5, 0.6) is 0 Å². The van der Waals surface area contributed by atoms with Crippen LogP contribution in [-0.4, -0.2) is 27.7 Å². The van der Waals surface area contributed by atoms with E-state index in [2.05, 4.69) is 22.0 Å². The summed E-state index contributed by atoms with van der Waals surface area (Å²) in [5.74, 6) is -0.318. The predicted octanol–water partition coefficient (Wildman–Crippen LogP) is 4.55. The number of amides is 1. The van der Waals surface area contributed by atoms with Crippen molar-refractivity contribution < 1.29 is 46.3 Å². The molecule has 1 aromatic carbocycles. The number of carbonyl (C=O) groups excluding carboxylic acids is 1. The Balaban J connectivity index is 0.00000220. The molecule has 0 fully saturated rings. The number of rotatable bonds is 3. The van der Waals surface area contributed by atoms with E-state index in [0.29, 0.717) is 27.2 Å². The summed E-state index contributed by atoms with van der Waals surface area (Å²) in [6, 6.07) is 5.00. The molecule has 1 aromatic rings. The Morgan fingerprint density at radius 3 is 2.76 bits per heavy atom. The Bertz CT molecular complexity index is 573. The minimum Gasteiger partial charge on any atom is -0.341 e. The second-order valence-corrected chi connectivity index (χ2v) is 6.96. The molecule has 1 aliphatic heterocycles. The van der Waals surface area contributed by atoms with E-state index in [0.717, 1.165) is 4.90 Å². The van der Waals surface area contributed by atoms with Gasteiger partial charge in [0.15, 0.2) is 0 Å². The standard InChI is InChI=1S/C13H9BrClF2INO.Y/c14-9-5-7(15)1-2-8(9)11-4-3-10(18)13(20)19(11)6-12(16)17;/h1-2,5,10,12H,3,6H2;/q-1;. The molecule has 0 aliphatic carbocycles. The molecule has 1 atom stereocenters. The summed E-state index contributed by atoms with van der Waals surface area (Å²) in [7, 11) is 0. The number of hydrogen-bond acceptors (Lipinski definition) is 1. The SMILES string of the molecule is O=C1C(I)C[C-]=C(c2ccc(Cl)cc2Br)N1CC(F)F.[Y]. The van der Waals surface area contributed by atoms with E-state index in [1.165, 1.54) is 0 Å². The van der Waals surface area contributed by atoms with Crippen molar-refractivity contribution in [2.45, 2.75) is 16.8 Å². The minimum absolute atomic E-state index is 0. The van der Waals surface area contributed by atoms with Crippen LogP contribution in [-0.2, 0) is 37.5 Å². The molecule has 1 radical (unpaired) electrons. The topological polar surface area (TPSA) is 20.3 Å². The molecule has 1 amide bonds. The monoisotopic (exact) mass is 563 g/mol. The number of hydrogen-bond donors (Lipinski definition) is 0. The summed E-state index contributed by atoms with van der Waals surface area (Å²) >= 11 is 11.1. The molecule has 111 valence electrons. The maximum Gasteiger partial charge on any atom is 0.256 e. The molecule has 0 spiro atoms. The van der Waals surface area contributed by atoms with Crippen LogP contribution in [0.1, 0.15) is 12.0 Å². The van der Waals surface area contributed by atoms with Crippen molar-refractivity contribution >= 4 is 61.7 Å². The maximum absolute atomic E-state index is 12.7. The summed E-state index contributed by atoms with van der Waals surface area (Å²) in [6.45, 7) is -0.629. The van der Waals surface area contributed by atoms with Crippen LogP contribution in [0.15, 0.2) is 22.7 Å². The van der Waals surface area contributed by atoms with Crippen LogP contribution in [0.2, 0.25) is 5.02 Å². The number of carbonyl (C=O) groups is 1. The molecule has 2 nitrogen and oxygen atoms in total. The summed E-state index contributed by atoms with van der Waals surface area (Å²) in [4.78, 5) is 13.2. The van der Waals surface area contributed by atoms with E-state index in [1.54, 1.807) is 18.2 Å². The van der Waals surface area contributed by atoms with Gasteiger partial charge in [0.05, 0.1) is 10.5 Å². The number of halogens is 5. The normalized spacial score (nSPS) is 18.6. The molecule has 2 rings (SSSR count). The van der Waals surface area contributed by atoms with Gasteiger partial charge in [-0.05, 0) is 6.07 Å². The molecular formula is C13H9BrClF2INOY-. The zero-order chi connectivity index (χ0) is 14.9. The quantitative estimate of drug-likeness (QED) is 0.300. The molecule has 0 saturated heterocycles. The van der Waals surface area contributed by atoms with Crippen LogP contribution < -0.4 is 0 Å². The predicted molar refractivity (Wildman–Crippen MR) is 85.9 cm³/mol. The van der Waals surface area contributed by atoms with Gasteiger partial charge in [-0.3, -0.25) is 4.79 Å². The number of nitrogens with zero attached hydrogens (tertiary/aromatic N) is 1. The van der Waals surface area contributed by atoms with E-state index in [9.17, 15) is 13.6 Å². The molecule has 1 aliphatic rings. The Kier molecular flexibility index (Phi) is 8.23. The Morgan fingerprint density at radius 1 is 1.52 bits per heavy atom. The molecule has 1 heterocycles. The molecule has 21 heavy (non-hydrogen) atoms. The van der Waals surface area contributed by atoms with Crippen molar-refractivity contribution in [1.29, 1.82) is 0 Å². The Hall–Kier alpha value is 0.894. The number of benzene rings is 1. The van der Waals surface area contributed by atoms with Crippen molar-refractivity contribution in [1.82, 2.24) is 4.90 Å². The smallest absolute Gasteiger partial charge is 0.256 e. The van der Waals surface area contributed by atoms with Crippen molar-refractivity contribution in [3.05, 3.63) is 39.3 Å². The first-order valence-electron chi connectivity index (χ1n) is 5.70. The van der Waals surface area contributed by atoms with Crippen molar-refractivity contribution in [3.63, 3.8) is 0 Å². The largest absolute Gasteiger partial charge is 0.341 e. The summed E-state index contributed by atoms with van der Waals surface area (Å²) < 4.78 is 25.7. The molecular weight excluding hydrogens is 555 g/mol. The molecule has 0 bridgehead atoms. The molecule has 0 aromatic heterocycles. The van der Waals surface area contributed by atoms with Crippen LogP contribution in [0.25, 0.3) is 5.70 Å². The summed E-state index contributed by atoms with van der Waals surface area (Å²) in [6.07, 6.45) is 0.851. The van der Waals surface area contributed by atoms with Crippen LogP contribution >= 0.6 is 50.1 Å². The summed E-state index contributed by atoms with van der Waals surface area (Å²) in [5, 5.41) is 0.524. The van der Waals surface area contributed by atoms with Gasteiger partial charge in [-0.15, -0.1) is 17.3 Å². The van der Waals surface area contributed by atoms with Gasteiger partial charge in [-0.25, -0.2) is 14.9 Å². The number of alkyl halides is 3. The van der Waals surface area contributed by atoms with E-state index < -0.39 is 13.0 Å². The minimum atomic E-state index is -2.59. The first-order valence-corrected chi connectivity index (χ1v) is 8.11. The number of allylic oxidation sites excluding steroid dienone is 1. The molecule has 0 saturated carbocycles. The second-order valence-electron chi connectivity index (χ2n) is 4.16. The van der Waals surface area contributed by atoms with E-state index in [4.69, 9.17) is 11.6 Å². The van der Waals surface area contributed by atoms with E-state index in [1.807, 2.05) is 22.6 Å². The van der Waals surface area contributed by atoms with Crippen LogP contribution in [0.3, 0.4) is 0 Å². The fraction of sp³-hybridized carbons (Fsp3) is 0.308. The molecule has 1 unspecified atom stereocenters. The summed E-state index contributed by atoms with van der Waals surface area (Å²) in [5.41, 5.74) is 1.01. The zero-order valence-electron chi connectivity index (χ0n) is 10.6. The first-order chi connectivity index (χ1) is 9.40. The van der Waals surface area contributed by atoms with E-state index in [-0.39, 0.29) is 42.5 Å². The molecule has 8 heteroatoms. The van der Waals surface area contributed by atoms with Gasteiger partial charge in [0.25, 0.3) is 6.43 Å². The Labute approximate surface area is 173 Å². The van der Waals surface area contributed by atoms with Gasteiger partial charge < -0.3 is 4.90 Å². The third kappa shape index (κ3) is 4.93. The van der Waals surface area contributed by atoms with Crippen LogP contribution in [0.4, 0.5) is 8.78 Å². The third-order valence-corrected chi connectivity index (χ3v) is 4.62. The first kappa shape index (κ1) is 19.9. The average molecular weight is 564 g/mol. The molecule has 0 N–H and O–H groups in total. The average Bonchev–Trinajstić information content (AvgIpc) is 2.36. The van der Waals surface area contributed by atoms with Gasteiger partial charge in [-0.2, -0.15) is 0 Å². The van der Waals surface area contributed by atoms with Gasteiger partial charge in [0, 0.05) is 37.7 Å². The van der Waals surface area contributed by atoms with Crippen LogP contribution in [0, 0.1) is 6.08 Å².